The highest BCUT2D eigenvalue weighted by Crippen LogP contribution is 2.33. The minimum atomic E-state index is -3.71. The zero-order chi connectivity index (χ0) is 20.1. The normalized spacial score (nSPS) is 16.9. The van der Waals surface area contributed by atoms with E-state index in [1.54, 1.807) is 18.2 Å². The molecule has 0 spiro atoms. The third kappa shape index (κ3) is 3.40. The average Bonchev–Trinajstić information content (AvgIpc) is 2.98. The Balaban J connectivity index is 1.60. The van der Waals surface area contributed by atoms with Crippen molar-refractivity contribution in [2.75, 3.05) is 24.6 Å². The zero-order valence-electron chi connectivity index (χ0n) is 14.4. The zero-order valence-corrected chi connectivity index (χ0v) is 16.8. The fourth-order valence-electron chi connectivity index (χ4n) is 3.11. The second kappa shape index (κ2) is 7.08. The number of fused-ring (bicyclic) bond motifs is 1. The highest BCUT2D eigenvalue weighted by Gasteiger charge is 2.37. The number of anilines is 1. The van der Waals surface area contributed by atoms with Crippen LogP contribution in [0.15, 0.2) is 35.2 Å². The number of nitrogens with two attached hydrogens (primary N) is 1. The molecule has 1 fully saturated rings. The van der Waals surface area contributed by atoms with E-state index in [2.05, 4.69) is 15.2 Å². The van der Waals surface area contributed by atoms with Gasteiger partial charge in [-0.05, 0) is 30.3 Å². The summed E-state index contributed by atoms with van der Waals surface area (Å²) in [6.45, 7) is 0.429. The first kappa shape index (κ1) is 19.3. The van der Waals surface area contributed by atoms with Gasteiger partial charge in [0.05, 0.1) is 26.9 Å². The van der Waals surface area contributed by atoms with Crippen molar-refractivity contribution in [2.45, 2.75) is 4.90 Å². The third-order valence-corrected chi connectivity index (χ3v) is 7.49. The van der Waals surface area contributed by atoms with Gasteiger partial charge in [0.1, 0.15) is 5.52 Å². The highest BCUT2D eigenvalue weighted by molar-refractivity contribution is 7.89. The van der Waals surface area contributed by atoms with E-state index in [0.717, 1.165) is 0 Å². The summed E-state index contributed by atoms with van der Waals surface area (Å²) in [7, 11) is -3.71. The standard InChI is InChI=1S/C16H16ClN5O4S2/c17-12-5-10(28(25,26)22-6-9(7-22)8-27(23)24)1-2-11(12)13-3-4-14-15(19-13)16(18)21-20-14/h1-5,9H,6-8H2,(H,23,24)(H3,18,20,21). The van der Waals surface area contributed by atoms with Crippen LogP contribution in [0.1, 0.15) is 0 Å². The maximum Gasteiger partial charge on any atom is 0.243 e. The Morgan fingerprint density at radius 3 is 2.75 bits per heavy atom. The smallest absolute Gasteiger partial charge is 0.243 e. The Morgan fingerprint density at radius 1 is 1.32 bits per heavy atom. The Hall–Kier alpha value is -2.05. The van der Waals surface area contributed by atoms with Crippen LogP contribution in [0.5, 0.6) is 0 Å². The van der Waals surface area contributed by atoms with Crippen molar-refractivity contribution in [3.63, 3.8) is 0 Å². The predicted molar refractivity (Wildman–Crippen MR) is 107 cm³/mol. The molecule has 1 aliphatic rings. The number of hydrogen-bond acceptors (Lipinski definition) is 6. The molecule has 3 heterocycles. The van der Waals surface area contributed by atoms with Gasteiger partial charge in [0.25, 0.3) is 0 Å². The van der Waals surface area contributed by atoms with Crippen molar-refractivity contribution in [1.82, 2.24) is 19.5 Å². The number of pyridine rings is 1. The molecule has 12 heteroatoms. The maximum atomic E-state index is 12.7. The van der Waals surface area contributed by atoms with E-state index < -0.39 is 21.1 Å². The molecule has 1 aromatic carbocycles. The van der Waals surface area contributed by atoms with Crippen molar-refractivity contribution in [3.8, 4) is 11.3 Å². The van der Waals surface area contributed by atoms with Crippen LogP contribution in [0.3, 0.4) is 0 Å². The number of nitrogens with zero attached hydrogens (tertiary/aromatic N) is 3. The monoisotopic (exact) mass is 441 g/mol. The summed E-state index contributed by atoms with van der Waals surface area (Å²) < 4.78 is 46.4. The Labute approximate surface area is 168 Å². The van der Waals surface area contributed by atoms with Gasteiger partial charge in [0.15, 0.2) is 16.9 Å². The summed E-state index contributed by atoms with van der Waals surface area (Å²) in [4.78, 5) is 4.51. The topological polar surface area (TPSA) is 142 Å². The van der Waals surface area contributed by atoms with Gasteiger partial charge in [0.2, 0.25) is 10.0 Å². The number of sulfonamides is 1. The lowest BCUT2D eigenvalue weighted by atomic mass is 10.1. The summed E-state index contributed by atoms with van der Waals surface area (Å²) in [6, 6.07) is 7.96. The fraction of sp³-hybridized carbons (Fsp3) is 0.250. The van der Waals surface area contributed by atoms with Gasteiger partial charge >= 0.3 is 0 Å². The lowest BCUT2D eigenvalue weighted by molar-refractivity contribution is 0.219. The van der Waals surface area contributed by atoms with Crippen LogP contribution in [0.4, 0.5) is 5.82 Å². The Morgan fingerprint density at radius 2 is 2.07 bits per heavy atom. The molecule has 3 aromatic rings. The molecule has 2 aromatic heterocycles. The Bertz CT molecular complexity index is 1190. The molecule has 0 amide bonds. The number of rotatable bonds is 5. The summed E-state index contributed by atoms with van der Waals surface area (Å²) in [5.41, 5.74) is 8.10. The molecule has 1 saturated heterocycles. The van der Waals surface area contributed by atoms with E-state index in [0.29, 0.717) is 22.3 Å². The van der Waals surface area contributed by atoms with Crippen LogP contribution in [-0.2, 0) is 21.1 Å². The molecule has 0 bridgehead atoms. The molecule has 4 N–H and O–H groups in total. The maximum absolute atomic E-state index is 12.7. The summed E-state index contributed by atoms with van der Waals surface area (Å²) in [6.07, 6.45) is 0. The molecular weight excluding hydrogens is 426 g/mol. The van der Waals surface area contributed by atoms with Gasteiger partial charge in [-0.15, -0.1) is 0 Å². The van der Waals surface area contributed by atoms with E-state index in [-0.39, 0.29) is 40.5 Å². The minimum absolute atomic E-state index is 0.0636. The second-order valence-electron chi connectivity index (χ2n) is 6.52. The van der Waals surface area contributed by atoms with Gasteiger partial charge < -0.3 is 10.3 Å². The first-order valence-electron chi connectivity index (χ1n) is 8.24. The number of aromatic nitrogens is 3. The van der Waals surface area contributed by atoms with Crippen LogP contribution < -0.4 is 5.73 Å². The van der Waals surface area contributed by atoms with E-state index in [4.69, 9.17) is 21.9 Å². The van der Waals surface area contributed by atoms with Crippen molar-refractivity contribution in [3.05, 3.63) is 35.4 Å². The molecule has 9 nitrogen and oxygen atoms in total. The molecular formula is C16H16ClN5O4S2. The number of halogens is 1. The number of aromatic amines is 1. The van der Waals surface area contributed by atoms with Gasteiger partial charge in [-0.2, -0.15) is 9.40 Å². The van der Waals surface area contributed by atoms with E-state index in [1.165, 1.54) is 16.4 Å². The van der Waals surface area contributed by atoms with Crippen LogP contribution in [-0.4, -0.2) is 55.5 Å². The molecule has 0 radical (unpaired) electrons. The SMILES string of the molecule is Nc1n[nH]c2ccc(-c3ccc(S(=O)(=O)N4CC(CS(=O)O)C4)cc3Cl)nc12. The summed E-state index contributed by atoms with van der Waals surface area (Å²) in [5.74, 6) is 0.215. The number of nitrogens with one attached hydrogen (secondary N) is 1. The number of benzene rings is 1. The van der Waals surface area contributed by atoms with E-state index in [1.807, 2.05) is 0 Å². The lowest BCUT2D eigenvalue weighted by Crippen LogP contribution is -2.51. The molecule has 28 heavy (non-hydrogen) atoms. The highest BCUT2D eigenvalue weighted by atomic mass is 35.5. The summed E-state index contributed by atoms with van der Waals surface area (Å²) in [5, 5.41) is 6.90. The van der Waals surface area contributed by atoms with Gasteiger partial charge in [-0.3, -0.25) is 5.10 Å². The minimum Gasteiger partial charge on any atom is -0.380 e. The molecule has 4 rings (SSSR count). The number of H-pyrrole nitrogens is 1. The van der Waals surface area contributed by atoms with E-state index >= 15 is 0 Å². The Kier molecular flexibility index (Phi) is 4.88. The van der Waals surface area contributed by atoms with Crippen molar-refractivity contribution in [1.29, 1.82) is 0 Å². The molecule has 1 aliphatic heterocycles. The molecule has 148 valence electrons. The lowest BCUT2D eigenvalue weighted by Gasteiger charge is -2.37. The van der Waals surface area contributed by atoms with E-state index in [9.17, 15) is 12.6 Å². The van der Waals surface area contributed by atoms with Crippen LogP contribution in [0, 0.1) is 5.92 Å². The largest absolute Gasteiger partial charge is 0.380 e. The van der Waals surface area contributed by atoms with Crippen molar-refractivity contribution < 1.29 is 17.2 Å². The fourth-order valence-corrected chi connectivity index (χ4v) is 5.68. The van der Waals surface area contributed by atoms with Crippen LogP contribution in [0.2, 0.25) is 5.02 Å². The average molecular weight is 442 g/mol. The third-order valence-electron chi connectivity index (χ3n) is 4.59. The number of hydrogen-bond donors (Lipinski definition) is 3. The first-order chi connectivity index (χ1) is 13.3. The first-order valence-corrected chi connectivity index (χ1v) is 11.3. The van der Waals surface area contributed by atoms with Crippen molar-refractivity contribution in [2.24, 2.45) is 5.92 Å². The molecule has 1 atom stereocenters. The molecule has 0 saturated carbocycles. The van der Waals surface area contributed by atoms with Crippen molar-refractivity contribution >= 4 is 49.6 Å². The van der Waals surface area contributed by atoms with Crippen LogP contribution in [0.25, 0.3) is 22.3 Å². The van der Waals surface area contributed by atoms with Gasteiger partial charge in [-0.1, -0.05) is 11.6 Å². The quantitative estimate of drug-likeness (QED) is 0.511. The summed E-state index contributed by atoms with van der Waals surface area (Å²) >= 11 is 4.41. The molecule has 0 aliphatic carbocycles. The van der Waals surface area contributed by atoms with Crippen LogP contribution >= 0.6 is 11.6 Å². The molecule has 1 unspecified atom stereocenters. The van der Waals surface area contributed by atoms with Gasteiger partial charge in [0, 0.05) is 24.6 Å². The van der Waals surface area contributed by atoms with Gasteiger partial charge in [-0.25, -0.2) is 17.6 Å². The number of nitrogen functional groups attached to an aromatic ring is 1. The second-order valence-corrected chi connectivity index (χ2v) is 9.84. The predicted octanol–water partition coefficient (Wildman–Crippen LogP) is 1.70.